The second-order valence-corrected chi connectivity index (χ2v) is 5.99. The van der Waals surface area contributed by atoms with E-state index in [0.717, 1.165) is 58.3 Å². The highest BCUT2D eigenvalue weighted by Gasteiger charge is 2.40. The van der Waals surface area contributed by atoms with Crippen LogP contribution < -0.4 is 5.73 Å². The lowest BCUT2D eigenvalue weighted by Gasteiger charge is -2.38. The van der Waals surface area contributed by atoms with Crippen molar-refractivity contribution in [3.63, 3.8) is 0 Å². The smallest absolute Gasteiger partial charge is 0.230 e. The molecule has 4 nitrogen and oxygen atoms in total. The van der Waals surface area contributed by atoms with Crippen LogP contribution in [0.4, 0.5) is 0 Å². The number of hydrogen-bond acceptors (Lipinski definition) is 3. The Hall–Kier alpha value is -0.610. The lowest BCUT2D eigenvalue weighted by molar-refractivity contribution is -0.143. The van der Waals surface area contributed by atoms with Crippen LogP contribution in [0.2, 0.25) is 0 Å². The van der Waals surface area contributed by atoms with E-state index in [2.05, 4.69) is 16.8 Å². The highest BCUT2D eigenvalue weighted by atomic mass is 16.2. The zero-order chi connectivity index (χ0) is 13.0. The molecule has 0 radical (unpaired) electrons. The monoisotopic (exact) mass is 253 g/mol. The SMILES string of the molecule is CN1CCCN(C(=O)C2(CN)CCCCC2)CC1. The van der Waals surface area contributed by atoms with Crippen molar-refractivity contribution in [3.8, 4) is 0 Å². The molecule has 1 amide bonds. The lowest BCUT2D eigenvalue weighted by atomic mass is 9.73. The van der Waals surface area contributed by atoms with Gasteiger partial charge in [-0.3, -0.25) is 4.79 Å². The van der Waals surface area contributed by atoms with E-state index >= 15 is 0 Å². The first-order valence-corrected chi connectivity index (χ1v) is 7.36. The molecule has 0 atom stereocenters. The number of carbonyl (C=O) groups excluding carboxylic acids is 1. The number of nitrogens with zero attached hydrogens (tertiary/aromatic N) is 2. The summed E-state index contributed by atoms with van der Waals surface area (Å²) in [6.07, 6.45) is 6.66. The minimum atomic E-state index is -0.235. The Morgan fingerprint density at radius 1 is 1.06 bits per heavy atom. The molecule has 2 rings (SSSR count). The van der Waals surface area contributed by atoms with Crippen molar-refractivity contribution < 1.29 is 4.79 Å². The Bertz CT molecular complexity index is 287. The van der Waals surface area contributed by atoms with E-state index in [-0.39, 0.29) is 5.41 Å². The topological polar surface area (TPSA) is 49.6 Å². The Kier molecular flexibility index (Phi) is 4.62. The molecule has 2 N–H and O–H groups in total. The number of rotatable bonds is 2. The third-order valence-electron chi connectivity index (χ3n) is 4.66. The van der Waals surface area contributed by atoms with Gasteiger partial charge in [0.25, 0.3) is 0 Å². The fourth-order valence-electron chi connectivity index (χ4n) is 3.32. The quantitative estimate of drug-likeness (QED) is 0.800. The third kappa shape index (κ3) is 2.86. The van der Waals surface area contributed by atoms with Crippen molar-refractivity contribution in [3.05, 3.63) is 0 Å². The minimum absolute atomic E-state index is 0.235. The van der Waals surface area contributed by atoms with Gasteiger partial charge in [0.05, 0.1) is 5.41 Å². The van der Waals surface area contributed by atoms with Gasteiger partial charge in [-0.1, -0.05) is 19.3 Å². The highest BCUT2D eigenvalue weighted by molar-refractivity contribution is 5.83. The predicted octanol–water partition coefficient (Wildman–Crippen LogP) is 1.06. The van der Waals surface area contributed by atoms with E-state index in [9.17, 15) is 4.79 Å². The van der Waals surface area contributed by atoms with Crippen LogP contribution in [-0.2, 0) is 4.79 Å². The standard InChI is InChI=1S/C14H27N3O/c1-16-8-5-9-17(11-10-16)13(18)14(12-15)6-3-2-4-7-14/h2-12,15H2,1H3. The molecule has 0 aromatic heterocycles. The summed E-state index contributed by atoms with van der Waals surface area (Å²) in [5.41, 5.74) is 5.72. The normalized spacial score (nSPS) is 25.8. The molecule has 0 bridgehead atoms. The Balaban J connectivity index is 2.03. The molecule has 2 fully saturated rings. The third-order valence-corrected chi connectivity index (χ3v) is 4.66. The molecule has 0 aromatic carbocycles. The first-order valence-electron chi connectivity index (χ1n) is 7.36. The largest absolute Gasteiger partial charge is 0.341 e. The number of hydrogen-bond donors (Lipinski definition) is 1. The fourth-order valence-corrected chi connectivity index (χ4v) is 3.32. The molecule has 1 aliphatic carbocycles. The van der Waals surface area contributed by atoms with Crippen LogP contribution in [0.25, 0.3) is 0 Å². The molecule has 4 heteroatoms. The van der Waals surface area contributed by atoms with Gasteiger partial charge in [0.1, 0.15) is 0 Å². The summed E-state index contributed by atoms with van der Waals surface area (Å²) in [4.78, 5) is 17.2. The van der Waals surface area contributed by atoms with E-state index < -0.39 is 0 Å². The van der Waals surface area contributed by atoms with Gasteiger partial charge in [-0.2, -0.15) is 0 Å². The van der Waals surface area contributed by atoms with Crippen LogP contribution in [0.5, 0.6) is 0 Å². The van der Waals surface area contributed by atoms with Crippen molar-refractivity contribution in [2.75, 3.05) is 39.8 Å². The van der Waals surface area contributed by atoms with Crippen LogP contribution >= 0.6 is 0 Å². The second kappa shape index (κ2) is 6.02. The molecule has 1 saturated heterocycles. The predicted molar refractivity (Wildman–Crippen MR) is 73.3 cm³/mol. The van der Waals surface area contributed by atoms with Crippen LogP contribution in [-0.4, -0.2) is 55.5 Å². The maximum atomic E-state index is 12.8. The summed E-state index contributed by atoms with van der Waals surface area (Å²) < 4.78 is 0. The average molecular weight is 253 g/mol. The summed E-state index contributed by atoms with van der Waals surface area (Å²) in [5.74, 6) is 0.333. The van der Waals surface area contributed by atoms with E-state index in [1.54, 1.807) is 0 Å². The average Bonchev–Trinajstić information content (AvgIpc) is 2.63. The number of likely N-dealkylation sites (N-methyl/N-ethyl adjacent to an activating group) is 1. The summed E-state index contributed by atoms with van der Waals surface area (Å²) in [5, 5.41) is 0. The van der Waals surface area contributed by atoms with E-state index in [4.69, 9.17) is 5.73 Å². The van der Waals surface area contributed by atoms with Crippen molar-refractivity contribution in [1.29, 1.82) is 0 Å². The lowest BCUT2D eigenvalue weighted by Crippen LogP contribution is -2.50. The Morgan fingerprint density at radius 2 is 1.78 bits per heavy atom. The van der Waals surface area contributed by atoms with Crippen LogP contribution in [0, 0.1) is 5.41 Å². The molecule has 1 saturated carbocycles. The molecule has 0 aromatic rings. The van der Waals surface area contributed by atoms with Gasteiger partial charge in [0, 0.05) is 26.2 Å². The van der Waals surface area contributed by atoms with E-state index in [0.29, 0.717) is 12.5 Å². The van der Waals surface area contributed by atoms with Crippen molar-refractivity contribution in [2.24, 2.45) is 11.1 Å². The van der Waals surface area contributed by atoms with Crippen molar-refractivity contribution in [2.45, 2.75) is 38.5 Å². The van der Waals surface area contributed by atoms with Gasteiger partial charge in [0.15, 0.2) is 0 Å². The zero-order valence-electron chi connectivity index (χ0n) is 11.7. The fraction of sp³-hybridized carbons (Fsp3) is 0.929. The molecular weight excluding hydrogens is 226 g/mol. The number of carbonyl (C=O) groups is 1. The maximum Gasteiger partial charge on any atom is 0.230 e. The molecule has 18 heavy (non-hydrogen) atoms. The van der Waals surface area contributed by atoms with Gasteiger partial charge in [-0.25, -0.2) is 0 Å². The molecule has 2 aliphatic rings. The van der Waals surface area contributed by atoms with Gasteiger partial charge < -0.3 is 15.5 Å². The molecular formula is C14H27N3O. The summed E-state index contributed by atoms with van der Waals surface area (Å²) >= 11 is 0. The molecule has 104 valence electrons. The van der Waals surface area contributed by atoms with Crippen LogP contribution in [0.1, 0.15) is 38.5 Å². The molecule has 0 unspecified atom stereocenters. The first-order chi connectivity index (χ1) is 8.68. The summed E-state index contributed by atoms with van der Waals surface area (Å²) in [6, 6.07) is 0. The minimum Gasteiger partial charge on any atom is -0.341 e. The molecule has 1 aliphatic heterocycles. The van der Waals surface area contributed by atoms with Gasteiger partial charge in [-0.05, 0) is 32.9 Å². The van der Waals surface area contributed by atoms with Gasteiger partial charge in [0.2, 0.25) is 5.91 Å². The first kappa shape index (κ1) is 13.8. The second-order valence-electron chi connectivity index (χ2n) is 5.99. The summed E-state index contributed by atoms with van der Waals surface area (Å²) in [6.45, 7) is 4.39. The van der Waals surface area contributed by atoms with Gasteiger partial charge >= 0.3 is 0 Å². The number of amides is 1. The Morgan fingerprint density at radius 3 is 2.44 bits per heavy atom. The number of nitrogens with two attached hydrogens (primary N) is 1. The van der Waals surface area contributed by atoms with Crippen molar-refractivity contribution in [1.82, 2.24) is 9.80 Å². The highest BCUT2D eigenvalue weighted by Crippen LogP contribution is 2.37. The van der Waals surface area contributed by atoms with Crippen LogP contribution in [0.15, 0.2) is 0 Å². The van der Waals surface area contributed by atoms with E-state index in [1.807, 2.05) is 0 Å². The van der Waals surface area contributed by atoms with Gasteiger partial charge in [-0.15, -0.1) is 0 Å². The van der Waals surface area contributed by atoms with Crippen molar-refractivity contribution >= 4 is 5.91 Å². The summed E-state index contributed by atoms with van der Waals surface area (Å²) in [7, 11) is 2.13. The van der Waals surface area contributed by atoms with Crippen LogP contribution in [0.3, 0.4) is 0 Å². The maximum absolute atomic E-state index is 12.8. The zero-order valence-corrected chi connectivity index (χ0v) is 11.7. The molecule has 1 heterocycles. The molecule has 0 spiro atoms. The Labute approximate surface area is 110 Å². The van der Waals surface area contributed by atoms with E-state index in [1.165, 1.54) is 6.42 Å².